The summed E-state index contributed by atoms with van der Waals surface area (Å²) < 4.78 is 6.41. The number of nitrogens with zero attached hydrogens (tertiary/aromatic N) is 1. The van der Waals surface area contributed by atoms with Crippen molar-refractivity contribution in [3.8, 4) is 10.6 Å². The first-order valence-corrected chi connectivity index (χ1v) is 6.95. The average Bonchev–Trinajstić information content (AvgIpc) is 2.78. The Kier molecular flexibility index (Phi) is 4.67. The minimum atomic E-state index is 0.529. The average molecular weight is 313 g/mol. The van der Waals surface area contributed by atoms with Gasteiger partial charge in [-0.3, -0.25) is 0 Å². The second-order valence-corrected chi connectivity index (χ2v) is 5.27. The van der Waals surface area contributed by atoms with E-state index in [0.29, 0.717) is 19.8 Å². The molecule has 1 aromatic heterocycles. The minimum absolute atomic E-state index is 0.529. The van der Waals surface area contributed by atoms with Gasteiger partial charge in [0.05, 0.1) is 18.9 Å². The third kappa shape index (κ3) is 3.61. The number of thiazole rings is 1. The molecule has 2 N–H and O–H groups in total. The van der Waals surface area contributed by atoms with Crippen molar-refractivity contribution in [3.63, 3.8) is 0 Å². The molecule has 0 saturated heterocycles. The van der Waals surface area contributed by atoms with E-state index < -0.39 is 0 Å². The van der Waals surface area contributed by atoms with Crippen molar-refractivity contribution in [1.82, 2.24) is 4.98 Å². The molecule has 0 aliphatic rings. The molecule has 17 heavy (non-hydrogen) atoms. The van der Waals surface area contributed by atoms with E-state index in [1.807, 2.05) is 23.6 Å². The number of hydrogen-bond acceptors (Lipinski definition) is 4. The summed E-state index contributed by atoms with van der Waals surface area (Å²) in [5.74, 6) is 0. The molecular formula is C12H13BrN2OS. The topological polar surface area (TPSA) is 48.1 Å². The zero-order chi connectivity index (χ0) is 12.1. The molecule has 1 aromatic carbocycles. The largest absolute Gasteiger partial charge is 0.374 e. The fraction of sp³-hybridized carbons (Fsp3) is 0.250. The third-order valence-corrected chi connectivity index (χ3v) is 3.57. The third-order valence-electron chi connectivity index (χ3n) is 2.14. The van der Waals surface area contributed by atoms with Crippen molar-refractivity contribution in [2.45, 2.75) is 6.61 Å². The summed E-state index contributed by atoms with van der Waals surface area (Å²) in [6.45, 7) is 1.65. The van der Waals surface area contributed by atoms with Gasteiger partial charge in [-0.2, -0.15) is 0 Å². The molecule has 90 valence electrons. The van der Waals surface area contributed by atoms with Gasteiger partial charge in [0.2, 0.25) is 0 Å². The normalized spacial score (nSPS) is 10.7. The first-order chi connectivity index (χ1) is 8.29. The maximum atomic E-state index is 5.36. The van der Waals surface area contributed by atoms with Crippen LogP contribution in [0.3, 0.4) is 0 Å². The van der Waals surface area contributed by atoms with Crippen LogP contribution >= 0.6 is 27.3 Å². The molecule has 0 amide bonds. The number of nitrogens with two attached hydrogens (primary N) is 1. The van der Waals surface area contributed by atoms with Crippen LogP contribution in [0, 0.1) is 0 Å². The number of ether oxygens (including phenoxy) is 1. The van der Waals surface area contributed by atoms with Gasteiger partial charge in [-0.05, 0) is 12.1 Å². The van der Waals surface area contributed by atoms with Crippen LogP contribution in [0.4, 0.5) is 0 Å². The zero-order valence-corrected chi connectivity index (χ0v) is 11.6. The number of hydrogen-bond donors (Lipinski definition) is 1. The van der Waals surface area contributed by atoms with Crippen LogP contribution in [0.25, 0.3) is 10.6 Å². The van der Waals surface area contributed by atoms with Crippen LogP contribution in [-0.2, 0) is 11.3 Å². The number of rotatable bonds is 5. The van der Waals surface area contributed by atoms with Gasteiger partial charge in [0.15, 0.2) is 0 Å². The lowest BCUT2D eigenvalue weighted by Crippen LogP contribution is -2.08. The molecule has 0 saturated carbocycles. The van der Waals surface area contributed by atoms with E-state index in [1.54, 1.807) is 11.3 Å². The van der Waals surface area contributed by atoms with Crippen molar-refractivity contribution in [1.29, 1.82) is 0 Å². The Morgan fingerprint density at radius 2 is 2.29 bits per heavy atom. The molecule has 0 bridgehead atoms. The van der Waals surface area contributed by atoms with Crippen molar-refractivity contribution in [2.75, 3.05) is 13.2 Å². The van der Waals surface area contributed by atoms with E-state index in [9.17, 15) is 0 Å². The Balaban J connectivity index is 2.07. The van der Waals surface area contributed by atoms with Gasteiger partial charge in [-0.1, -0.05) is 28.1 Å². The van der Waals surface area contributed by atoms with Crippen molar-refractivity contribution in [2.24, 2.45) is 5.73 Å². The zero-order valence-electron chi connectivity index (χ0n) is 9.23. The van der Waals surface area contributed by atoms with Gasteiger partial charge < -0.3 is 10.5 Å². The summed E-state index contributed by atoms with van der Waals surface area (Å²) >= 11 is 5.08. The van der Waals surface area contributed by atoms with E-state index in [1.165, 1.54) is 0 Å². The highest BCUT2D eigenvalue weighted by Gasteiger charge is 2.05. The van der Waals surface area contributed by atoms with Crippen LogP contribution in [0.2, 0.25) is 0 Å². The van der Waals surface area contributed by atoms with E-state index in [4.69, 9.17) is 10.5 Å². The Morgan fingerprint density at radius 3 is 3.06 bits per heavy atom. The molecule has 0 radical (unpaired) electrons. The summed E-state index contributed by atoms with van der Waals surface area (Å²) in [7, 11) is 0. The SMILES string of the molecule is NCCOCc1csc(-c2cccc(Br)c2)n1. The van der Waals surface area contributed by atoms with Gasteiger partial charge >= 0.3 is 0 Å². The summed E-state index contributed by atoms with van der Waals surface area (Å²) in [6, 6.07) is 8.12. The lowest BCUT2D eigenvalue weighted by Gasteiger charge is -1.98. The van der Waals surface area contributed by atoms with Crippen LogP contribution in [0.5, 0.6) is 0 Å². The van der Waals surface area contributed by atoms with Gasteiger partial charge in [-0.25, -0.2) is 4.98 Å². The maximum Gasteiger partial charge on any atom is 0.123 e. The number of benzene rings is 1. The molecule has 0 atom stereocenters. The molecule has 2 aromatic rings. The fourth-order valence-corrected chi connectivity index (χ4v) is 2.59. The lowest BCUT2D eigenvalue weighted by molar-refractivity contribution is 0.126. The van der Waals surface area contributed by atoms with Gasteiger partial charge in [0.25, 0.3) is 0 Å². The Hall–Kier alpha value is -0.750. The van der Waals surface area contributed by atoms with Gasteiger partial charge in [-0.15, -0.1) is 11.3 Å². The predicted molar refractivity (Wildman–Crippen MR) is 74.0 cm³/mol. The lowest BCUT2D eigenvalue weighted by atomic mass is 10.2. The first-order valence-electron chi connectivity index (χ1n) is 5.28. The summed E-state index contributed by atoms with van der Waals surface area (Å²) in [4.78, 5) is 4.53. The van der Waals surface area contributed by atoms with E-state index in [-0.39, 0.29) is 0 Å². The van der Waals surface area contributed by atoms with Gasteiger partial charge in [0, 0.05) is 22.0 Å². The molecule has 0 fully saturated rings. The van der Waals surface area contributed by atoms with E-state index in [0.717, 1.165) is 20.7 Å². The van der Waals surface area contributed by atoms with Gasteiger partial charge in [0.1, 0.15) is 5.01 Å². The minimum Gasteiger partial charge on any atom is -0.374 e. The van der Waals surface area contributed by atoms with Crippen LogP contribution < -0.4 is 5.73 Å². The first kappa shape index (κ1) is 12.7. The Bertz CT molecular complexity index is 487. The van der Waals surface area contributed by atoms with E-state index >= 15 is 0 Å². The quantitative estimate of drug-likeness (QED) is 0.863. The molecule has 0 aliphatic carbocycles. The molecule has 2 rings (SSSR count). The Morgan fingerprint density at radius 1 is 1.41 bits per heavy atom. The molecule has 0 aliphatic heterocycles. The molecule has 3 nitrogen and oxygen atoms in total. The van der Waals surface area contributed by atoms with Crippen molar-refractivity contribution >= 4 is 27.3 Å². The highest BCUT2D eigenvalue weighted by atomic mass is 79.9. The number of aromatic nitrogens is 1. The summed E-state index contributed by atoms with van der Waals surface area (Å²) in [6.07, 6.45) is 0. The highest BCUT2D eigenvalue weighted by molar-refractivity contribution is 9.10. The number of halogens is 1. The van der Waals surface area contributed by atoms with Crippen molar-refractivity contribution in [3.05, 3.63) is 39.8 Å². The maximum absolute atomic E-state index is 5.36. The molecular weight excluding hydrogens is 300 g/mol. The molecule has 0 unspecified atom stereocenters. The van der Waals surface area contributed by atoms with Crippen molar-refractivity contribution < 1.29 is 4.74 Å². The van der Waals surface area contributed by atoms with Crippen LogP contribution in [0.1, 0.15) is 5.69 Å². The second-order valence-electron chi connectivity index (χ2n) is 3.50. The monoisotopic (exact) mass is 312 g/mol. The van der Waals surface area contributed by atoms with Crippen LogP contribution in [0.15, 0.2) is 34.1 Å². The smallest absolute Gasteiger partial charge is 0.123 e. The predicted octanol–water partition coefficient (Wildman–Crippen LogP) is 3.05. The summed E-state index contributed by atoms with van der Waals surface area (Å²) in [5.41, 5.74) is 7.43. The molecule has 5 heteroatoms. The molecule has 1 heterocycles. The van der Waals surface area contributed by atoms with E-state index in [2.05, 4.69) is 27.0 Å². The highest BCUT2D eigenvalue weighted by Crippen LogP contribution is 2.26. The molecule has 0 spiro atoms. The summed E-state index contributed by atoms with van der Waals surface area (Å²) in [5, 5.41) is 3.03. The fourth-order valence-electron chi connectivity index (χ4n) is 1.39. The second kappa shape index (κ2) is 6.26. The standard InChI is InChI=1S/C12H13BrN2OS/c13-10-3-1-2-9(6-10)12-15-11(8-17-12)7-16-5-4-14/h1-3,6,8H,4-5,7,14H2. The Labute approximate surface area is 113 Å². The van der Waals surface area contributed by atoms with Crippen LogP contribution in [-0.4, -0.2) is 18.1 Å².